The van der Waals surface area contributed by atoms with Gasteiger partial charge >= 0.3 is 0 Å². The Labute approximate surface area is 94.6 Å². The van der Waals surface area contributed by atoms with E-state index in [1.807, 2.05) is 6.07 Å². The molecular formula is C12H16N2O2. The highest BCUT2D eigenvalue weighted by atomic mass is 16.6. The zero-order chi connectivity index (χ0) is 11.7. The first-order chi connectivity index (χ1) is 7.59. The third kappa shape index (κ3) is 1.93. The average Bonchev–Trinajstić information content (AvgIpc) is 2.15. The second-order valence-electron chi connectivity index (χ2n) is 4.52. The van der Waals surface area contributed by atoms with Gasteiger partial charge in [-0.2, -0.15) is 0 Å². The van der Waals surface area contributed by atoms with E-state index in [-0.39, 0.29) is 16.7 Å². The minimum atomic E-state index is -0.341. The smallest absolute Gasteiger partial charge is 0.272 e. The van der Waals surface area contributed by atoms with Crippen LogP contribution < -0.4 is 5.73 Å². The molecule has 4 heteroatoms. The summed E-state index contributed by atoms with van der Waals surface area (Å²) in [6, 6.07) is 5.27. The lowest BCUT2D eigenvalue weighted by atomic mass is 9.77. The number of hydrogen-bond acceptors (Lipinski definition) is 3. The molecule has 16 heavy (non-hydrogen) atoms. The van der Waals surface area contributed by atoms with Crippen LogP contribution in [0.5, 0.6) is 0 Å². The summed E-state index contributed by atoms with van der Waals surface area (Å²) >= 11 is 0. The van der Waals surface area contributed by atoms with Crippen molar-refractivity contribution in [3.05, 3.63) is 39.4 Å². The number of aryl methyl sites for hydroxylation is 1. The Bertz CT molecular complexity index is 413. The Kier molecular flexibility index (Phi) is 2.92. The zero-order valence-electron chi connectivity index (χ0n) is 9.35. The molecule has 4 nitrogen and oxygen atoms in total. The minimum Gasteiger partial charge on any atom is -0.324 e. The molecule has 0 saturated heterocycles. The van der Waals surface area contributed by atoms with Crippen LogP contribution in [0, 0.1) is 23.0 Å². The van der Waals surface area contributed by atoms with Gasteiger partial charge in [0.05, 0.1) is 4.92 Å². The predicted octanol–water partition coefficient (Wildman–Crippen LogP) is 2.70. The van der Waals surface area contributed by atoms with Crippen molar-refractivity contribution in [1.29, 1.82) is 0 Å². The molecule has 2 N–H and O–H groups in total. The average molecular weight is 220 g/mol. The Morgan fingerprint density at radius 2 is 2.19 bits per heavy atom. The van der Waals surface area contributed by atoms with Crippen molar-refractivity contribution in [2.45, 2.75) is 32.2 Å². The number of hydrogen-bond donors (Lipinski definition) is 1. The highest BCUT2D eigenvalue weighted by Crippen LogP contribution is 2.37. The van der Waals surface area contributed by atoms with Gasteiger partial charge in [-0.3, -0.25) is 10.1 Å². The van der Waals surface area contributed by atoms with E-state index >= 15 is 0 Å². The summed E-state index contributed by atoms with van der Waals surface area (Å²) in [4.78, 5) is 10.5. The van der Waals surface area contributed by atoms with Gasteiger partial charge in [-0.25, -0.2) is 0 Å². The molecule has 1 aliphatic carbocycles. The van der Waals surface area contributed by atoms with E-state index < -0.39 is 0 Å². The molecule has 86 valence electrons. The van der Waals surface area contributed by atoms with Crippen LogP contribution in [-0.2, 0) is 0 Å². The standard InChI is InChI=1S/C12H16N2O2/c1-8-5-6-10(7-11(8)14(15)16)12(13)9-3-2-4-9/h5-7,9,12H,2-4,13H2,1H3/t12-/m1/s1. The topological polar surface area (TPSA) is 69.2 Å². The predicted molar refractivity (Wildman–Crippen MR) is 62.1 cm³/mol. The molecule has 1 atom stereocenters. The van der Waals surface area contributed by atoms with E-state index in [0.29, 0.717) is 11.5 Å². The van der Waals surface area contributed by atoms with Gasteiger partial charge in [-0.1, -0.05) is 18.6 Å². The fraction of sp³-hybridized carbons (Fsp3) is 0.500. The molecule has 1 saturated carbocycles. The molecule has 1 fully saturated rings. The molecule has 0 radical (unpaired) electrons. The van der Waals surface area contributed by atoms with Crippen LogP contribution in [-0.4, -0.2) is 4.92 Å². The molecule has 2 rings (SSSR count). The van der Waals surface area contributed by atoms with Crippen molar-refractivity contribution in [2.75, 3.05) is 0 Å². The van der Waals surface area contributed by atoms with Crippen molar-refractivity contribution >= 4 is 5.69 Å². The van der Waals surface area contributed by atoms with E-state index in [1.54, 1.807) is 19.1 Å². The summed E-state index contributed by atoms with van der Waals surface area (Å²) in [5.74, 6) is 0.502. The molecule has 0 bridgehead atoms. The van der Waals surface area contributed by atoms with E-state index in [0.717, 1.165) is 18.4 Å². The number of nitrogens with two attached hydrogens (primary N) is 1. The maximum absolute atomic E-state index is 10.8. The van der Waals surface area contributed by atoms with Gasteiger partial charge in [0.15, 0.2) is 0 Å². The summed E-state index contributed by atoms with van der Waals surface area (Å²) in [5.41, 5.74) is 7.85. The molecule has 1 aromatic carbocycles. The second kappa shape index (κ2) is 4.22. The SMILES string of the molecule is Cc1ccc([C@H](N)C2CCC2)cc1[N+](=O)[O-]. The van der Waals surface area contributed by atoms with Crippen molar-refractivity contribution in [3.63, 3.8) is 0 Å². The van der Waals surface area contributed by atoms with Crippen LogP contribution in [0.1, 0.15) is 36.4 Å². The van der Waals surface area contributed by atoms with Gasteiger partial charge in [0.25, 0.3) is 5.69 Å². The maximum Gasteiger partial charge on any atom is 0.272 e. The molecule has 0 amide bonds. The van der Waals surface area contributed by atoms with Gasteiger partial charge in [-0.15, -0.1) is 0 Å². The monoisotopic (exact) mass is 220 g/mol. The molecule has 0 spiro atoms. The Hall–Kier alpha value is -1.42. The summed E-state index contributed by atoms with van der Waals surface area (Å²) in [5, 5.41) is 10.8. The van der Waals surface area contributed by atoms with Crippen LogP contribution in [0.2, 0.25) is 0 Å². The quantitative estimate of drug-likeness (QED) is 0.629. The third-order valence-corrected chi connectivity index (χ3v) is 3.47. The summed E-state index contributed by atoms with van der Waals surface area (Å²) < 4.78 is 0. The first-order valence-electron chi connectivity index (χ1n) is 5.60. The fourth-order valence-corrected chi connectivity index (χ4v) is 2.10. The lowest BCUT2D eigenvalue weighted by molar-refractivity contribution is -0.385. The number of nitrogens with zero attached hydrogens (tertiary/aromatic N) is 1. The van der Waals surface area contributed by atoms with Crippen molar-refractivity contribution in [2.24, 2.45) is 11.7 Å². The van der Waals surface area contributed by atoms with Crippen LogP contribution >= 0.6 is 0 Å². The van der Waals surface area contributed by atoms with Crippen LogP contribution in [0.4, 0.5) is 5.69 Å². The summed E-state index contributed by atoms with van der Waals surface area (Å²) in [6.07, 6.45) is 3.51. The van der Waals surface area contributed by atoms with Crippen LogP contribution in [0.3, 0.4) is 0 Å². The number of nitro benzene ring substituents is 1. The van der Waals surface area contributed by atoms with Crippen molar-refractivity contribution in [3.8, 4) is 0 Å². The minimum absolute atomic E-state index is 0.0481. The van der Waals surface area contributed by atoms with Crippen LogP contribution in [0.15, 0.2) is 18.2 Å². The maximum atomic E-state index is 10.8. The van der Waals surface area contributed by atoms with E-state index in [4.69, 9.17) is 5.73 Å². The third-order valence-electron chi connectivity index (χ3n) is 3.47. The lowest BCUT2D eigenvalue weighted by Crippen LogP contribution is -2.26. The van der Waals surface area contributed by atoms with Gasteiger partial charge in [0, 0.05) is 17.7 Å². The molecule has 1 aliphatic rings. The molecule has 0 unspecified atom stereocenters. The lowest BCUT2D eigenvalue weighted by Gasteiger charge is -2.31. The highest BCUT2D eigenvalue weighted by molar-refractivity contribution is 5.43. The number of benzene rings is 1. The molecule has 0 aliphatic heterocycles. The Morgan fingerprint density at radius 1 is 1.50 bits per heavy atom. The van der Waals surface area contributed by atoms with E-state index in [2.05, 4.69) is 0 Å². The number of nitro groups is 1. The van der Waals surface area contributed by atoms with Crippen molar-refractivity contribution in [1.82, 2.24) is 0 Å². The van der Waals surface area contributed by atoms with Gasteiger partial charge in [0.1, 0.15) is 0 Å². The van der Waals surface area contributed by atoms with E-state index in [9.17, 15) is 10.1 Å². The summed E-state index contributed by atoms with van der Waals surface area (Å²) in [7, 11) is 0. The van der Waals surface area contributed by atoms with Gasteiger partial charge in [-0.05, 0) is 31.2 Å². The first-order valence-corrected chi connectivity index (χ1v) is 5.60. The normalized spacial score (nSPS) is 17.9. The molecular weight excluding hydrogens is 204 g/mol. The van der Waals surface area contributed by atoms with Gasteiger partial charge < -0.3 is 5.73 Å². The van der Waals surface area contributed by atoms with Gasteiger partial charge in [0.2, 0.25) is 0 Å². The summed E-state index contributed by atoms with van der Waals surface area (Å²) in [6.45, 7) is 1.75. The first kappa shape index (κ1) is 11.1. The largest absolute Gasteiger partial charge is 0.324 e. The Balaban J connectivity index is 2.27. The van der Waals surface area contributed by atoms with Crippen LogP contribution in [0.25, 0.3) is 0 Å². The molecule has 0 aromatic heterocycles. The van der Waals surface area contributed by atoms with Crippen molar-refractivity contribution < 1.29 is 4.92 Å². The second-order valence-corrected chi connectivity index (χ2v) is 4.52. The fourth-order valence-electron chi connectivity index (χ4n) is 2.10. The molecule has 1 aromatic rings. The highest BCUT2D eigenvalue weighted by Gasteiger charge is 2.26. The molecule has 0 heterocycles. The van der Waals surface area contributed by atoms with E-state index in [1.165, 1.54) is 6.42 Å². The number of rotatable bonds is 3. The zero-order valence-corrected chi connectivity index (χ0v) is 9.35. The Morgan fingerprint density at radius 3 is 2.69 bits per heavy atom.